The van der Waals surface area contributed by atoms with E-state index < -0.39 is 0 Å². The summed E-state index contributed by atoms with van der Waals surface area (Å²) < 4.78 is 13.0. The number of methoxy groups -OCH3 is 2. The highest BCUT2D eigenvalue weighted by Crippen LogP contribution is 2.31. The summed E-state index contributed by atoms with van der Waals surface area (Å²) >= 11 is 0. The average molecular weight is 234 g/mol. The van der Waals surface area contributed by atoms with Crippen LogP contribution in [0.25, 0.3) is 0 Å². The molecule has 0 aromatic heterocycles. The van der Waals surface area contributed by atoms with Crippen molar-refractivity contribution in [2.24, 2.45) is 0 Å². The quantitative estimate of drug-likeness (QED) is 0.747. The van der Waals surface area contributed by atoms with Crippen molar-refractivity contribution in [1.29, 1.82) is 0 Å². The van der Waals surface area contributed by atoms with Crippen molar-refractivity contribution >= 4 is 6.21 Å². The Balaban J connectivity index is 2.45. The molecule has 17 heavy (non-hydrogen) atoms. The summed E-state index contributed by atoms with van der Waals surface area (Å²) in [6.45, 7) is 5.49. The molecular weight excluding hydrogens is 214 g/mol. The van der Waals surface area contributed by atoms with Crippen molar-refractivity contribution in [2.45, 2.75) is 26.3 Å². The van der Waals surface area contributed by atoms with Gasteiger partial charge in [-0.05, 0) is 31.5 Å². The van der Waals surface area contributed by atoms with E-state index in [1.54, 1.807) is 14.2 Å². The Kier molecular flexibility index (Phi) is 3.36. The molecule has 0 aliphatic carbocycles. The molecule has 3 nitrogen and oxygen atoms in total. The van der Waals surface area contributed by atoms with Gasteiger partial charge in [-0.3, -0.25) is 0 Å². The zero-order chi connectivity index (χ0) is 12.4. The highest BCUT2D eigenvalue weighted by atomic mass is 16.5. The van der Waals surface area contributed by atoms with Crippen molar-refractivity contribution in [3.8, 4) is 11.5 Å². The number of fused-ring (bicyclic) bond motifs is 1. The van der Waals surface area contributed by atoms with Crippen LogP contribution in [0.1, 0.15) is 25.0 Å². The molecule has 92 valence electrons. The second kappa shape index (κ2) is 4.78. The highest BCUT2D eigenvalue weighted by Gasteiger charge is 2.20. The maximum absolute atomic E-state index is 5.33. The normalized spacial score (nSPS) is 14.3. The molecule has 1 aromatic carbocycles. The SMILES string of the molecule is COc1cc2c(cc1OC)CC[N+](C(C)C)=C2. The third-order valence-corrected chi connectivity index (χ3v) is 3.25. The Morgan fingerprint density at radius 1 is 1.12 bits per heavy atom. The highest BCUT2D eigenvalue weighted by molar-refractivity contribution is 5.80. The van der Waals surface area contributed by atoms with Gasteiger partial charge in [0.15, 0.2) is 17.7 Å². The summed E-state index contributed by atoms with van der Waals surface area (Å²) in [5, 5.41) is 0. The van der Waals surface area contributed by atoms with E-state index in [0.717, 1.165) is 24.5 Å². The summed E-state index contributed by atoms with van der Waals surface area (Å²) in [7, 11) is 3.35. The Labute approximate surface area is 103 Å². The van der Waals surface area contributed by atoms with Gasteiger partial charge in [0.05, 0.1) is 14.2 Å². The standard InChI is InChI=1S/C14H20NO2/c1-10(2)15-6-5-11-7-13(16-3)14(17-4)8-12(11)9-15/h7-10H,5-6H2,1-4H3/q+1. The molecule has 0 spiro atoms. The van der Waals surface area contributed by atoms with Gasteiger partial charge in [0.2, 0.25) is 0 Å². The number of hydrogen-bond donors (Lipinski definition) is 0. The lowest BCUT2D eigenvalue weighted by Crippen LogP contribution is -2.28. The molecular formula is C14H20NO2+. The topological polar surface area (TPSA) is 21.5 Å². The molecule has 0 radical (unpaired) electrons. The van der Waals surface area contributed by atoms with Crippen LogP contribution in [0.3, 0.4) is 0 Å². The van der Waals surface area contributed by atoms with E-state index in [-0.39, 0.29) is 0 Å². The van der Waals surface area contributed by atoms with E-state index in [0.29, 0.717) is 6.04 Å². The van der Waals surface area contributed by atoms with Crippen molar-refractivity contribution in [3.05, 3.63) is 23.3 Å². The lowest BCUT2D eigenvalue weighted by atomic mass is 10.0. The minimum absolute atomic E-state index is 0.538. The summed E-state index contributed by atoms with van der Waals surface area (Å²) in [6, 6.07) is 4.68. The van der Waals surface area contributed by atoms with Gasteiger partial charge in [0, 0.05) is 12.0 Å². The van der Waals surface area contributed by atoms with E-state index in [1.165, 1.54) is 11.1 Å². The van der Waals surface area contributed by atoms with E-state index in [9.17, 15) is 0 Å². The molecule has 0 fully saturated rings. The van der Waals surface area contributed by atoms with E-state index in [2.05, 4.69) is 36.8 Å². The lowest BCUT2D eigenvalue weighted by molar-refractivity contribution is -0.554. The predicted octanol–water partition coefficient (Wildman–Crippen LogP) is 2.10. The van der Waals surface area contributed by atoms with Crippen molar-refractivity contribution < 1.29 is 14.0 Å². The molecule has 2 rings (SSSR count). The van der Waals surface area contributed by atoms with Gasteiger partial charge in [-0.1, -0.05) is 0 Å². The number of nitrogens with zero attached hydrogens (tertiary/aromatic N) is 1. The maximum atomic E-state index is 5.33. The maximum Gasteiger partial charge on any atom is 0.171 e. The zero-order valence-corrected chi connectivity index (χ0v) is 11.0. The Bertz CT molecular complexity index is 450. The first-order valence-corrected chi connectivity index (χ1v) is 6.01. The van der Waals surface area contributed by atoms with Gasteiger partial charge in [0.25, 0.3) is 0 Å². The molecule has 0 N–H and O–H groups in total. The number of hydrogen-bond acceptors (Lipinski definition) is 2. The molecule has 0 bridgehead atoms. The fourth-order valence-corrected chi connectivity index (χ4v) is 2.17. The van der Waals surface area contributed by atoms with Crippen LogP contribution >= 0.6 is 0 Å². The molecule has 3 heteroatoms. The largest absolute Gasteiger partial charge is 0.493 e. The minimum atomic E-state index is 0.538. The smallest absolute Gasteiger partial charge is 0.171 e. The van der Waals surface area contributed by atoms with Crippen LogP contribution in [0.5, 0.6) is 11.5 Å². The van der Waals surface area contributed by atoms with Crippen LogP contribution in [0, 0.1) is 0 Å². The van der Waals surface area contributed by atoms with Gasteiger partial charge < -0.3 is 9.47 Å². The molecule has 0 saturated carbocycles. The van der Waals surface area contributed by atoms with Gasteiger partial charge in [-0.2, -0.15) is 0 Å². The number of benzene rings is 1. The molecule has 1 aliphatic heterocycles. The van der Waals surface area contributed by atoms with Crippen LogP contribution in [0.4, 0.5) is 0 Å². The van der Waals surface area contributed by atoms with Crippen LogP contribution in [-0.2, 0) is 6.42 Å². The van der Waals surface area contributed by atoms with Crippen molar-refractivity contribution in [2.75, 3.05) is 20.8 Å². The second-order valence-corrected chi connectivity index (χ2v) is 4.62. The summed E-state index contributed by atoms with van der Waals surface area (Å²) in [6.07, 6.45) is 3.27. The molecule has 1 aliphatic rings. The first kappa shape index (κ1) is 12.0. The Morgan fingerprint density at radius 3 is 2.35 bits per heavy atom. The second-order valence-electron chi connectivity index (χ2n) is 4.62. The van der Waals surface area contributed by atoms with Crippen LogP contribution in [-0.4, -0.2) is 37.6 Å². The zero-order valence-electron chi connectivity index (χ0n) is 11.0. The van der Waals surface area contributed by atoms with E-state index in [4.69, 9.17) is 9.47 Å². The third-order valence-electron chi connectivity index (χ3n) is 3.25. The minimum Gasteiger partial charge on any atom is -0.493 e. The van der Waals surface area contributed by atoms with Crippen LogP contribution in [0.15, 0.2) is 12.1 Å². The summed E-state index contributed by atoms with van der Waals surface area (Å²) in [5.41, 5.74) is 2.57. The summed E-state index contributed by atoms with van der Waals surface area (Å²) in [5.74, 6) is 1.62. The third kappa shape index (κ3) is 2.28. The molecule has 0 saturated heterocycles. The van der Waals surface area contributed by atoms with Crippen molar-refractivity contribution in [3.63, 3.8) is 0 Å². The number of rotatable bonds is 3. The van der Waals surface area contributed by atoms with Crippen molar-refractivity contribution in [1.82, 2.24) is 0 Å². The molecule has 1 heterocycles. The van der Waals surface area contributed by atoms with E-state index in [1.807, 2.05) is 0 Å². The fraction of sp³-hybridized carbons (Fsp3) is 0.500. The monoisotopic (exact) mass is 234 g/mol. The molecule has 0 unspecified atom stereocenters. The Hall–Kier alpha value is -1.51. The van der Waals surface area contributed by atoms with Gasteiger partial charge in [0.1, 0.15) is 12.6 Å². The van der Waals surface area contributed by atoms with E-state index >= 15 is 0 Å². The Morgan fingerprint density at radius 2 is 1.76 bits per heavy atom. The van der Waals surface area contributed by atoms with Gasteiger partial charge in [-0.25, -0.2) is 4.58 Å². The number of ether oxygens (including phenoxy) is 2. The lowest BCUT2D eigenvalue weighted by Gasteiger charge is -2.17. The van der Waals surface area contributed by atoms with Gasteiger partial charge in [-0.15, -0.1) is 0 Å². The summed E-state index contributed by atoms with van der Waals surface area (Å²) in [4.78, 5) is 0. The first-order chi connectivity index (χ1) is 8.15. The van der Waals surface area contributed by atoms with Gasteiger partial charge >= 0.3 is 0 Å². The first-order valence-electron chi connectivity index (χ1n) is 6.01. The van der Waals surface area contributed by atoms with Crippen LogP contribution < -0.4 is 9.47 Å². The molecule has 1 aromatic rings. The predicted molar refractivity (Wildman–Crippen MR) is 68.7 cm³/mol. The van der Waals surface area contributed by atoms with Crippen LogP contribution in [0.2, 0.25) is 0 Å². The molecule has 0 amide bonds. The fourth-order valence-electron chi connectivity index (χ4n) is 2.17. The molecule has 0 atom stereocenters. The average Bonchev–Trinajstić information content (AvgIpc) is 2.36.